The van der Waals surface area contributed by atoms with Crippen LogP contribution in [-0.4, -0.2) is 19.9 Å². The van der Waals surface area contributed by atoms with Crippen LogP contribution in [0.4, 0.5) is 0 Å². The van der Waals surface area contributed by atoms with Crippen molar-refractivity contribution in [2.24, 2.45) is 0 Å². The number of aromatic nitrogens is 4. The Balaban J connectivity index is 2.49. The van der Waals surface area contributed by atoms with E-state index < -0.39 is 0 Å². The Kier molecular flexibility index (Phi) is 3.06. The molecule has 0 unspecified atom stereocenters. The minimum atomic E-state index is 0.497. The molecule has 2 aromatic rings. The van der Waals surface area contributed by atoms with Crippen LogP contribution in [0.5, 0.6) is 0 Å². The van der Waals surface area contributed by atoms with Crippen LogP contribution in [0.1, 0.15) is 5.56 Å². The Hall–Kier alpha value is -0.880. The lowest BCUT2D eigenvalue weighted by Crippen LogP contribution is -1.96. The van der Waals surface area contributed by atoms with E-state index in [1.807, 2.05) is 6.92 Å². The van der Waals surface area contributed by atoms with E-state index in [-0.39, 0.29) is 0 Å². The van der Waals surface area contributed by atoms with Gasteiger partial charge in [0.2, 0.25) is 0 Å². The fraction of sp³-hybridized carbons (Fsp3) is 0.111. The van der Waals surface area contributed by atoms with E-state index >= 15 is 0 Å². The van der Waals surface area contributed by atoms with Gasteiger partial charge in [-0.3, -0.25) is 0 Å². The number of rotatable bonds is 1. The van der Waals surface area contributed by atoms with Gasteiger partial charge in [-0.2, -0.15) is 0 Å². The van der Waals surface area contributed by atoms with Crippen molar-refractivity contribution >= 4 is 31.9 Å². The highest BCUT2D eigenvalue weighted by Crippen LogP contribution is 2.17. The summed E-state index contributed by atoms with van der Waals surface area (Å²) in [6.07, 6.45) is 3.47. The molecule has 0 radical (unpaired) electrons. The minimum absolute atomic E-state index is 0.497. The van der Waals surface area contributed by atoms with Crippen LogP contribution in [-0.2, 0) is 0 Å². The highest BCUT2D eigenvalue weighted by Gasteiger charge is 2.06. The van der Waals surface area contributed by atoms with E-state index in [1.165, 1.54) is 0 Å². The summed E-state index contributed by atoms with van der Waals surface area (Å²) in [4.78, 5) is 16.7. The highest BCUT2D eigenvalue weighted by atomic mass is 79.9. The Morgan fingerprint density at radius 1 is 0.933 bits per heavy atom. The SMILES string of the molecule is Cc1cnc(-c2nc(Br)cc(Br)n2)nc1. The first kappa shape index (κ1) is 10.6. The van der Waals surface area contributed by atoms with Gasteiger partial charge in [0.15, 0.2) is 11.6 Å². The second-order valence-electron chi connectivity index (χ2n) is 2.92. The number of nitrogens with zero attached hydrogens (tertiary/aromatic N) is 4. The Labute approximate surface area is 103 Å². The number of hydrogen-bond donors (Lipinski definition) is 0. The maximum atomic E-state index is 4.18. The molecule has 0 saturated heterocycles. The molecular weight excluding hydrogens is 324 g/mol. The number of halogens is 2. The van der Waals surface area contributed by atoms with Gasteiger partial charge in [0.05, 0.1) is 0 Å². The van der Waals surface area contributed by atoms with Crippen LogP contribution < -0.4 is 0 Å². The minimum Gasteiger partial charge on any atom is -0.234 e. The van der Waals surface area contributed by atoms with Crippen molar-refractivity contribution in [1.29, 1.82) is 0 Å². The average Bonchev–Trinajstić information content (AvgIpc) is 2.17. The lowest BCUT2D eigenvalue weighted by Gasteiger charge is -2.00. The second-order valence-corrected chi connectivity index (χ2v) is 4.55. The van der Waals surface area contributed by atoms with Gasteiger partial charge < -0.3 is 0 Å². The fourth-order valence-corrected chi connectivity index (χ4v) is 2.08. The quantitative estimate of drug-likeness (QED) is 0.755. The van der Waals surface area contributed by atoms with Crippen molar-refractivity contribution in [2.75, 3.05) is 0 Å². The molecule has 0 aliphatic heterocycles. The normalized spacial score (nSPS) is 10.3. The van der Waals surface area contributed by atoms with Crippen LogP contribution >= 0.6 is 31.9 Å². The molecule has 0 N–H and O–H groups in total. The Morgan fingerprint density at radius 3 is 2.00 bits per heavy atom. The van der Waals surface area contributed by atoms with Crippen LogP contribution in [0.15, 0.2) is 27.7 Å². The van der Waals surface area contributed by atoms with E-state index in [1.54, 1.807) is 18.5 Å². The van der Waals surface area contributed by atoms with Crippen molar-refractivity contribution in [3.63, 3.8) is 0 Å². The molecule has 2 aromatic heterocycles. The highest BCUT2D eigenvalue weighted by molar-refractivity contribution is 9.11. The number of aryl methyl sites for hydroxylation is 1. The van der Waals surface area contributed by atoms with Crippen LogP contribution in [0, 0.1) is 6.92 Å². The molecule has 0 amide bonds. The zero-order chi connectivity index (χ0) is 10.8. The monoisotopic (exact) mass is 328 g/mol. The van der Waals surface area contributed by atoms with Crippen molar-refractivity contribution in [3.05, 3.63) is 33.2 Å². The maximum absolute atomic E-state index is 4.18. The first-order chi connectivity index (χ1) is 7.15. The summed E-state index contributed by atoms with van der Waals surface area (Å²) < 4.78 is 1.40. The average molecular weight is 330 g/mol. The molecule has 0 fully saturated rings. The molecule has 15 heavy (non-hydrogen) atoms. The molecule has 0 aliphatic rings. The molecule has 0 aromatic carbocycles. The summed E-state index contributed by atoms with van der Waals surface area (Å²) in [5, 5.41) is 0. The number of hydrogen-bond acceptors (Lipinski definition) is 4. The smallest absolute Gasteiger partial charge is 0.199 e. The van der Waals surface area contributed by atoms with Crippen molar-refractivity contribution in [2.45, 2.75) is 6.92 Å². The van der Waals surface area contributed by atoms with Crippen molar-refractivity contribution < 1.29 is 0 Å². The van der Waals surface area contributed by atoms with Gasteiger partial charge in [-0.15, -0.1) is 0 Å². The molecular formula is C9H6Br2N4. The van der Waals surface area contributed by atoms with Crippen LogP contribution in [0.3, 0.4) is 0 Å². The summed E-state index contributed by atoms with van der Waals surface area (Å²) in [6, 6.07) is 1.76. The van der Waals surface area contributed by atoms with Crippen LogP contribution in [0.25, 0.3) is 11.6 Å². The fourth-order valence-electron chi connectivity index (χ4n) is 0.998. The third-order valence-corrected chi connectivity index (χ3v) is 2.46. The van der Waals surface area contributed by atoms with Gasteiger partial charge in [-0.05, 0) is 44.3 Å². The summed E-state index contributed by atoms with van der Waals surface area (Å²) in [6.45, 7) is 1.93. The Morgan fingerprint density at radius 2 is 1.47 bits per heavy atom. The van der Waals surface area contributed by atoms with Gasteiger partial charge in [-0.25, -0.2) is 19.9 Å². The van der Waals surface area contributed by atoms with E-state index in [4.69, 9.17) is 0 Å². The molecule has 0 bridgehead atoms. The van der Waals surface area contributed by atoms with Gasteiger partial charge >= 0.3 is 0 Å². The lowest BCUT2D eigenvalue weighted by atomic mass is 10.4. The van der Waals surface area contributed by atoms with Crippen molar-refractivity contribution in [1.82, 2.24) is 19.9 Å². The molecule has 2 heterocycles. The topological polar surface area (TPSA) is 51.6 Å². The van der Waals surface area contributed by atoms with Crippen LogP contribution in [0.2, 0.25) is 0 Å². The summed E-state index contributed by atoms with van der Waals surface area (Å²) in [5.41, 5.74) is 1.01. The van der Waals surface area contributed by atoms with Crippen molar-refractivity contribution in [3.8, 4) is 11.6 Å². The summed E-state index contributed by atoms with van der Waals surface area (Å²) in [7, 11) is 0. The van der Waals surface area contributed by atoms with Gasteiger partial charge in [0.25, 0.3) is 0 Å². The standard InChI is InChI=1S/C9H6Br2N4/c1-5-3-12-8(13-4-5)9-14-6(10)2-7(11)15-9/h2-4H,1H3. The molecule has 4 nitrogen and oxygen atoms in total. The maximum Gasteiger partial charge on any atom is 0.199 e. The third-order valence-electron chi connectivity index (χ3n) is 1.64. The molecule has 76 valence electrons. The lowest BCUT2D eigenvalue weighted by molar-refractivity contribution is 1.04. The van der Waals surface area contributed by atoms with E-state index in [2.05, 4.69) is 51.8 Å². The first-order valence-electron chi connectivity index (χ1n) is 4.14. The predicted molar refractivity (Wildman–Crippen MR) is 63.2 cm³/mol. The molecule has 0 aliphatic carbocycles. The van der Waals surface area contributed by atoms with E-state index in [0.29, 0.717) is 20.9 Å². The Bertz CT molecular complexity index is 464. The molecule has 6 heteroatoms. The van der Waals surface area contributed by atoms with Gasteiger partial charge in [-0.1, -0.05) is 0 Å². The van der Waals surface area contributed by atoms with Gasteiger partial charge in [0, 0.05) is 18.5 Å². The van der Waals surface area contributed by atoms with Gasteiger partial charge in [0.1, 0.15) is 9.21 Å². The summed E-state index contributed by atoms with van der Waals surface area (Å²) in [5.74, 6) is 1.01. The molecule has 0 atom stereocenters. The first-order valence-corrected chi connectivity index (χ1v) is 5.73. The third kappa shape index (κ3) is 2.57. The molecule has 2 rings (SSSR count). The molecule has 0 saturated carbocycles. The molecule has 0 spiro atoms. The summed E-state index contributed by atoms with van der Waals surface area (Å²) >= 11 is 6.58. The predicted octanol–water partition coefficient (Wildman–Crippen LogP) is 2.77. The zero-order valence-electron chi connectivity index (χ0n) is 7.78. The van der Waals surface area contributed by atoms with E-state index in [9.17, 15) is 0 Å². The zero-order valence-corrected chi connectivity index (χ0v) is 10.9. The second kappa shape index (κ2) is 4.32. The largest absolute Gasteiger partial charge is 0.234 e. The van der Waals surface area contributed by atoms with E-state index in [0.717, 1.165) is 5.56 Å².